The Morgan fingerprint density at radius 3 is 1.82 bits per heavy atom. The van der Waals surface area contributed by atoms with E-state index in [-0.39, 0.29) is 0 Å². The first-order valence-corrected chi connectivity index (χ1v) is 12.2. The van der Waals surface area contributed by atoms with Crippen molar-refractivity contribution < 1.29 is 4.74 Å². The largest absolute Gasteiger partial charge is 0.458 e. The summed E-state index contributed by atoms with van der Waals surface area (Å²) in [4.78, 5) is 0. The fourth-order valence-corrected chi connectivity index (χ4v) is 9.62. The summed E-state index contributed by atoms with van der Waals surface area (Å²) in [5, 5.41) is 5.37. The van der Waals surface area contributed by atoms with E-state index in [9.17, 15) is 0 Å². The van der Waals surface area contributed by atoms with Crippen molar-refractivity contribution >= 4 is 44.8 Å². The Kier molecular flexibility index (Phi) is 4.22. The lowest BCUT2D eigenvalue weighted by Crippen LogP contribution is -2.76. The minimum atomic E-state index is -2.48. The summed E-state index contributed by atoms with van der Waals surface area (Å²) in [6.45, 7) is 2.16. The monoisotopic (exact) mass is 442 g/mol. The first kappa shape index (κ1) is 17.5. The summed E-state index contributed by atoms with van der Waals surface area (Å²) in [7, 11) is -2.48. The first-order chi connectivity index (χ1) is 13.7. The van der Waals surface area contributed by atoms with Gasteiger partial charge in [-0.05, 0) is 51.4 Å². The quantitative estimate of drug-likeness (QED) is 0.371. The first-order valence-electron chi connectivity index (χ1n) is 9.40. The fraction of sp³-hybridized carbons (Fsp3) is 0.0400. The number of hydrogen-bond donors (Lipinski definition) is 0. The maximum absolute atomic E-state index is 6.36. The molecule has 0 atom stereocenters. The molecule has 28 heavy (non-hydrogen) atoms. The van der Waals surface area contributed by atoms with Crippen LogP contribution in [0.5, 0.6) is 11.5 Å². The van der Waals surface area contributed by atoms with Crippen molar-refractivity contribution in [3.63, 3.8) is 0 Å². The van der Waals surface area contributed by atoms with Crippen LogP contribution >= 0.6 is 15.9 Å². The van der Waals surface area contributed by atoms with Crippen LogP contribution in [0.3, 0.4) is 0 Å². The van der Waals surface area contributed by atoms with Gasteiger partial charge in [0.15, 0.2) is 8.07 Å². The molecule has 1 aliphatic rings. The Hall–Kier alpha value is -2.62. The van der Waals surface area contributed by atoms with Gasteiger partial charge in [-0.2, -0.15) is 0 Å². The maximum atomic E-state index is 6.36. The number of benzene rings is 4. The molecule has 4 aromatic carbocycles. The van der Waals surface area contributed by atoms with Gasteiger partial charge in [-0.1, -0.05) is 94.8 Å². The highest BCUT2D eigenvalue weighted by Crippen LogP contribution is 2.29. The summed E-state index contributed by atoms with van der Waals surface area (Å²) in [5.41, 5.74) is 1.25. The van der Waals surface area contributed by atoms with Gasteiger partial charge >= 0.3 is 0 Å². The van der Waals surface area contributed by atoms with Crippen molar-refractivity contribution in [2.24, 2.45) is 0 Å². The fourth-order valence-electron chi connectivity index (χ4n) is 4.35. The van der Waals surface area contributed by atoms with Crippen LogP contribution in [0.1, 0.15) is 5.56 Å². The van der Waals surface area contributed by atoms with E-state index in [0.717, 1.165) is 16.0 Å². The summed E-state index contributed by atoms with van der Waals surface area (Å²) in [6, 6.07) is 34.9. The number of halogens is 1. The number of hydrogen-bond acceptors (Lipinski definition) is 1. The highest BCUT2D eigenvalue weighted by atomic mass is 79.9. The van der Waals surface area contributed by atoms with E-state index in [0.29, 0.717) is 0 Å². The lowest BCUT2D eigenvalue weighted by Gasteiger charge is -2.39. The van der Waals surface area contributed by atoms with Gasteiger partial charge in [0, 0.05) is 4.47 Å². The zero-order valence-electron chi connectivity index (χ0n) is 15.5. The van der Waals surface area contributed by atoms with Crippen molar-refractivity contribution in [3.05, 3.63) is 107 Å². The molecule has 0 aliphatic carbocycles. The molecule has 0 fully saturated rings. The van der Waals surface area contributed by atoms with Crippen LogP contribution in [0.4, 0.5) is 0 Å². The van der Waals surface area contributed by atoms with Crippen LogP contribution < -0.4 is 25.5 Å². The molecule has 0 N–H and O–H groups in total. The van der Waals surface area contributed by atoms with E-state index in [1.165, 1.54) is 26.3 Å². The van der Waals surface area contributed by atoms with Crippen LogP contribution in [0.25, 0.3) is 0 Å². The minimum absolute atomic E-state index is 0.970. The van der Waals surface area contributed by atoms with Gasteiger partial charge in [0.25, 0.3) is 0 Å². The standard InChI is InChI=1S/C25H19BrOSi/c1-18-17-20(15-16-21(18)26)28(19-9-3-2-4-10-19)24-13-7-5-11-22(24)27-23-12-6-8-14-25(23)28/h2-17H,1H3. The molecule has 0 aromatic heterocycles. The summed E-state index contributed by atoms with van der Waals surface area (Å²) >= 11 is 3.68. The predicted molar refractivity (Wildman–Crippen MR) is 123 cm³/mol. The van der Waals surface area contributed by atoms with Crippen LogP contribution in [0.15, 0.2) is 102 Å². The molecule has 1 heterocycles. The average Bonchev–Trinajstić information content (AvgIpc) is 2.75. The molecular formula is C25H19BrOSi. The zero-order chi connectivity index (χ0) is 19.1. The molecule has 5 rings (SSSR count). The summed E-state index contributed by atoms with van der Waals surface area (Å²) < 4.78 is 7.50. The Balaban J connectivity index is 1.97. The molecule has 0 saturated carbocycles. The SMILES string of the molecule is Cc1cc([Si]2(c3ccccc3)c3ccccc3Oc3ccccc32)ccc1Br. The third-order valence-electron chi connectivity index (χ3n) is 5.60. The third kappa shape index (κ3) is 2.50. The summed E-state index contributed by atoms with van der Waals surface area (Å²) in [5.74, 6) is 1.94. The topological polar surface area (TPSA) is 9.23 Å². The Labute approximate surface area is 174 Å². The molecule has 4 aromatic rings. The van der Waals surface area contributed by atoms with E-state index < -0.39 is 8.07 Å². The molecule has 0 radical (unpaired) electrons. The Morgan fingerprint density at radius 2 is 1.21 bits per heavy atom. The number of fused-ring (bicyclic) bond motifs is 2. The van der Waals surface area contributed by atoms with Gasteiger partial charge in [0.2, 0.25) is 0 Å². The molecular weight excluding hydrogens is 424 g/mol. The van der Waals surface area contributed by atoms with Crippen molar-refractivity contribution in [3.8, 4) is 11.5 Å². The van der Waals surface area contributed by atoms with Gasteiger partial charge in [-0.25, -0.2) is 0 Å². The van der Waals surface area contributed by atoms with Crippen molar-refractivity contribution in [2.45, 2.75) is 6.92 Å². The van der Waals surface area contributed by atoms with Crippen LogP contribution in [0, 0.1) is 6.92 Å². The second-order valence-corrected chi connectivity index (χ2v) is 11.8. The van der Waals surface area contributed by atoms with E-state index >= 15 is 0 Å². The lowest BCUT2D eigenvalue weighted by molar-refractivity contribution is 0.487. The van der Waals surface area contributed by atoms with Gasteiger partial charge in [-0.15, -0.1) is 0 Å². The third-order valence-corrected chi connectivity index (χ3v) is 11.3. The number of aryl methyl sites for hydroxylation is 1. The van der Waals surface area contributed by atoms with Crippen molar-refractivity contribution in [2.75, 3.05) is 0 Å². The molecule has 0 spiro atoms. The van der Waals surface area contributed by atoms with E-state index in [2.05, 4.69) is 120 Å². The molecule has 0 unspecified atom stereocenters. The van der Waals surface area contributed by atoms with E-state index in [1.807, 2.05) is 0 Å². The van der Waals surface area contributed by atoms with E-state index in [4.69, 9.17) is 4.74 Å². The lowest BCUT2D eigenvalue weighted by atomic mass is 10.2. The molecule has 3 heteroatoms. The highest BCUT2D eigenvalue weighted by molar-refractivity contribution is 9.10. The number of para-hydroxylation sites is 2. The molecule has 136 valence electrons. The van der Waals surface area contributed by atoms with Crippen LogP contribution in [-0.4, -0.2) is 8.07 Å². The number of ether oxygens (including phenoxy) is 1. The van der Waals surface area contributed by atoms with Crippen molar-refractivity contribution in [1.29, 1.82) is 0 Å². The molecule has 1 aliphatic heterocycles. The normalized spacial score (nSPS) is 13.9. The zero-order valence-corrected chi connectivity index (χ0v) is 18.1. The summed E-state index contributed by atoms with van der Waals surface area (Å²) in [6.07, 6.45) is 0. The second kappa shape index (κ2) is 6.76. The second-order valence-electron chi connectivity index (χ2n) is 7.17. The molecule has 1 nitrogen and oxygen atoms in total. The molecule has 0 bridgehead atoms. The van der Waals surface area contributed by atoms with E-state index in [1.54, 1.807) is 0 Å². The van der Waals surface area contributed by atoms with Gasteiger partial charge in [0.05, 0.1) is 0 Å². The average molecular weight is 443 g/mol. The minimum Gasteiger partial charge on any atom is -0.458 e. The van der Waals surface area contributed by atoms with Crippen molar-refractivity contribution in [1.82, 2.24) is 0 Å². The van der Waals surface area contributed by atoms with Gasteiger partial charge in [0.1, 0.15) is 11.5 Å². The van der Waals surface area contributed by atoms with Crippen LogP contribution in [-0.2, 0) is 0 Å². The van der Waals surface area contributed by atoms with Gasteiger partial charge < -0.3 is 4.74 Å². The molecule has 0 amide bonds. The number of rotatable bonds is 2. The van der Waals surface area contributed by atoms with Gasteiger partial charge in [-0.3, -0.25) is 0 Å². The smallest absolute Gasteiger partial charge is 0.188 e. The molecule has 0 saturated heterocycles. The predicted octanol–water partition coefficient (Wildman–Crippen LogP) is 4.24. The highest BCUT2D eigenvalue weighted by Gasteiger charge is 2.47. The van der Waals surface area contributed by atoms with Crippen LogP contribution in [0.2, 0.25) is 0 Å². The Bertz CT molecular complexity index is 1120. The Morgan fingerprint density at radius 1 is 0.643 bits per heavy atom. The maximum Gasteiger partial charge on any atom is 0.188 e.